The summed E-state index contributed by atoms with van der Waals surface area (Å²) in [5, 5.41) is 3.67. The number of hydrogen-bond donors (Lipinski definition) is 1. The van der Waals surface area contributed by atoms with Gasteiger partial charge in [-0.3, -0.25) is 0 Å². The molecule has 0 aliphatic heterocycles. The van der Waals surface area contributed by atoms with Crippen molar-refractivity contribution in [1.29, 1.82) is 0 Å². The Labute approximate surface area is 111 Å². The molecule has 2 rings (SSSR count). The second kappa shape index (κ2) is 6.42. The van der Waals surface area contributed by atoms with E-state index in [0.29, 0.717) is 6.04 Å². The second-order valence-corrected chi connectivity index (χ2v) is 5.66. The number of nitrogens with one attached hydrogen (secondary N) is 1. The zero-order chi connectivity index (χ0) is 13.0. The minimum absolute atomic E-state index is 0.492. The van der Waals surface area contributed by atoms with Crippen LogP contribution in [0, 0.1) is 18.8 Å². The highest BCUT2D eigenvalue weighted by Crippen LogP contribution is 2.38. The topological polar surface area (TPSA) is 25.2 Å². The molecule has 1 aromatic rings. The molecular weight excluding hydrogens is 222 g/mol. The molecule has 0 amide bonds. The second-order valence-electron chi connectivity index (χ2n) is 5.66. The molecule has 1 fully saturated rings. The van der Waals surface area contributed by atoms with E-state index in [9.17, 15) is 0 Å². The quantitative estimate of drug-likeness (QED) is 0.833. The van der Waals surface area contributed by atoms with Crippen molar-refractivity contribution in [3.05, 3.63) is 23.7 Å². The molecule has 2 heteroatoms. The largest absolute Gasteiger partial charge is 0.469 e. The lowest BCUT2D eigenvalue weighted by Crippen LogP contribution is -2.31. The third-order valence-electron chi connectivity index (χ3n) is 4.60. The van der Waals surface area contributed by atoms with Crippen LogP contribution in [0.25, 0.3) is 0 Å². The van der Waals surface area contributed by atoms with E-state index in [2.05, 4.69) is 32.2 Å². The molecule has 0 radical (unpaired) electrons. The Kier molecular flexibility index (Phi) is 4.87. The zero-order valence-electron chi connectivity index (χ0n) is 12.0. The van der Waals surface area contributed by atoms with Crippen molar-refractivity contribution in [2.75, 3.05) is 6.54 Å². The number of furan rings is 1. The third-order valence-corrected chi connectivity index (χ3v) is 4.60. The minimum atomic E-state index is 0.492. The fraction of sp³-hybridized carbons (Fsp3) is 0.750. The van der Waals surface area contributed by atoms with Gasteiger partial charge in [0.25, 0.3) is 0 Å². The van der Waals surface area contributed by atoms with Crippen LogP contribution in [0.2, 0.25) is 0 Å². The fourth-order valence-corrected chi connectivity index (χ4v) is 3.40. The lowest BCUT2D eigenvalue weighted by Gasteiger charge is -2.34. The van der Waals surface area contributed by atoms with Crippen LogP contribution in [0.15, 0.2) is 16.7 Å². The smallest absolute Gasteiger partial charge is 0.105 e. The molecule has 0 saturated heterocycles. The average Bonchev–Trinajstić information content (AvgIpc) is 2.82. The van der Waals surface area contributed by atoms with Crippen molar-refractivity contribution < 1.29 is 4.42 Å². The Balaban J connectivity index is 2.05. The van der Waals surface area contributed by atoms with Gasteiger partial charge in [0.05, 0.1) is 6.26 Å². The molecule has 102 valence electrons. The Morgan fingerprint density at radius 2 is 2.00 bits per heavy atom. The summed E-state index contributed by atoms with van der Waals surface area (Å²) < 4.78 is 5.48. The van der Waals surface area contributed by atoms with Crippen molar-refractivity contribution in [2.45, 2.75) is 58.9 Å². The van der Waals surface area contributed by atoms with Crippen LogP contribution < -0.4 is 5.32 Å². The average molecular weight is 249 g/mol. The predicted molar refractivity (Wildman–Crippen MR) is 75.6 cm³/mol. The fourth-order valence-electron chi connectivity index (χ4n) is 3.40. The number of aryl methyl sites for hydroxylation is 1. The van der Waals surface area contributed by atoms with Crippen molar-refractivity contribution in [2.24, 2.45) is 11.8 Å². The summed E-state index contributed by atoms with van der Waals surface area (Å²) in [4.78, 5) is 0. The summed E-state index contributed by atoms with van der Waals surface area (Å²) in [6.07, 6.45) is 8.71. The first-order valence-electron chi connectivity index (χ1n) is 7.53. The highest BCUT2D eigenvalue weighted by Gasteiger charge is 2.29. The summed E-state index contributed by atoms with van der Waals surface area (Å²) in [6, 6.07) is 2.64. The minimum Gasteiger partial charge on any atom is -0.469 e. The lowest BCUT2D eigenvalue weighted by atomic mass is 9.76. The number of hydrogen-bond acceptors (Lipinski definition) is 2. The Morgan fingerprint density at radius 3 is 2.50 bits per heavy atom. The molecule has 0 spiro atoms. The first kappa shape index (κ1) is 13.7. The van der Waals surface area contributed by atoms with Gasteiger partial charge in [-0.2, -0.15) is 0 Å². The predicted octanol–water partition coefficient (Wildman–Crippen LogP) is 4.46. The first-order valence-corrected chi connectivity index (χ1v) is 7.53. The van der Waals surface area contributed by atoms with E-state index in [1.165, 1.54) is 37.7 Å². The van der Waals surface area contributed by atoms with Crippen LogP contribution in [0.3, 0.4) is 0 Å². The van der Waals surface area contributed by atoms with Gasteiger partial charge in [0.15, 0.2) is 0 Å². The van der Waals surface area contributed by atoms with E-state index in [1.54, 1.807) is 0 Å². The molecule has 2 nitrogen and oxygen atoms in total. The highest BCUT2D eigenvalue weighted by molar-refractivity contribution is 5.21. The van der Waals surface area contributed by atoms with E-state index < -0.39 is 0 Å². The van der Waals surface area contributed by atoms with Crippen LogP contribution in [0.1, 0.15) is 63.3 Å². The van der Waals surface area contributed by atoms with Crippen LogP contribution in [-0.2, 0) is 0 Å². The number of rotatable bonds is 5. The van der Waals surface area contributed by atoms with Crippen molar-refractivity contribution in [3.8, 4) is 0 Å². The molecular formula is C16H27NO. The molecule has 1 atom stereocenters. The van der Waals surface area contributed by atoms with Crippen molar-refractivity contribution in [3.63, 3.8) is 0 Å². The molecule has 1 aliphatic rings. The maximum Gasteiger partial charge on any atom is 0.105 e. The van der Waals surface area contributed by atoms with Gasteiger partial charge in [0, 0.05) is 11.6 Å². The molecule has 1 saturated carbocycles. The summed E-state index contributed by atoms with van der Waals surface area (Å²) in [7, 11) is 0. The summed E-state index contributed by atoms with van der Waals surface area (Å²) in [5.74, 6) is 2.83. The summed E-state index contributed by atoms with van der Waals surface area (Å²) in [5.41, 5.74) is 1.37. The van der Waals surface area contributed by atoms with E-state index in [-0.39, 0.29) is 0 Å². The van der Waals surface area contributed by atoms with Gasteiger partial charge < -0.3 is 9.73 Å². The standard InChI is InChI=1S/C16H27NO/c1-4-13-6-8-14(9-7-13)16(17-5-2)15-10-11-18-12(15)3/h10-11,13-14,16-17H,4-9H2,1-3H3. The van der Waals surface area contributed by atoms with Gasteiger partial charge in [0.1, 0.15) is 5.76 Å². The highest BCUT2D eigenvalue weighted by atomic mass is 16.3. The monoisotopic (exact) mass is 249 g/mol. The summed E-state index contributed by atoms with van der Waals surface area (Å²) >= 11 is 0. The molecule has 1 heterocycles. The van der Waals surface area contributed by atoms with E-state index in [4.69, 9.17) is 4.42 Å². The van der Waals surface area contributed by atoms with Crippen LogP contribution in [0.5, 0.6) is 0 Å². The zero-order valence-corrected chi connectivity index (χ0v) is 12.0. The maximum absolute atomic E-state index is 5.48. The normalized spacial score (nSPS) is 26.2. The van der Waals surface area contributed by atoms with Gasteiger partial charge >= 0.3 is 0 Å². The molecule has 18 heavy (non-hydrogen) atoms. The van der Waals surface area contributed by atoms with E-state index in [1.807, 2.05) is 6.26 Å². The SMILES string of the molecule is CCNC(c1ccoc1C)C1CCC(CC)CC1. The van der Waals surface area contributed by atoms with Crippen LogP contribution in [0.4, 0.5) is 0 Å². The molecule has 1 unspecified atom stereocenters. The van der Waals surface area contributed by atoms with E-state index >= 15 is 0 Å². The van der Waals surface area contributed by atoms with Crippen molar-refractivity contribution in [1.82, 2.24) is 5.32 Å². The van der Waals surface area contributed by atoms with Crippen molar-refractivity contribution >= 4 is 0 Å². The van der Waals surface area contributed by atoms with Gasteiger partial charge in [-0.15, -0.1) is 0 Å². The van der Waals surface area contributed by atoms with Gasteiger partial charge in [-0.25, -0.2) is 0 Å². The van der Waals surface area contributed by atoms with Gasteiger partial charge in [-0.05, 0) is 44.2 Å². The van der Waals surface area contributed by atoms with Crippen LogP contribution in [-0.4, -0.2) is 6.54 Å². The first-order chi connectivity index (χ1) is 8.76. The molecule has 0 bridgehead atoms. The maximum atomic E-state index is 5.48. The van der Waals surface area contributed by atoms with Gasteiger partial charge in [-0.1, -0.05) is 33.1 Å². The third kappa shape index (κ3) is 2.97. The Bertz CT molecular complexity index is 350. The molecule has 0 aromatic carbocycles. The molecule has 1 aromatic heterocycles. The Morgan fingerprint density at radius 1 is 1.28 bits per heavy atom. The van der Waals surface area contributed by atoms with Crippen LogP contribution >= 0.6 is 0 Å². The molecule has 1 aliphatic carbocycles. The van der Waals surface area contributed by atoms with Gasteiger partial charge in [0.2, 0.25) is 0 Å². The van der Waals surface area contributed by atoms with E-state index in [0.717, 1.165) is 24.1 Å². The molecule has 1 N–H and O–H groups in total. The lowest BCUT2D eigenvalue weighted by molar-refractivity contribution is 0.219. The Hall–Kier alpha value is -0.760. The summed E-state index contributed by atoms with van der Waals surface area (Å²) in [6.45, 7) is 7.63.